The summed E-state index contributed by atoms with van der Waals surface area (Å²) in [6.07, 6.45) is 7.68. The zero-order valence-electron chi connectivity index (χ0n) is 10.4. The monoisotopic (exact) mass is 244 g/mol. The lowest BCUT2D eigenvalue weighted by molar-refractivity contribution is 0.0520. The van der Waals surface area contributed by atoms with Gasteiger partial charge in [-0.25, -0.2) is 9.78 Å². The number of carbonyl (C=O) groups excluding carboxylic acids is 1. The highest BCUT2D eigenvalue weighted by Gasteiger charge is 2.20. The van der Waals surface area contributed by atoms with Crippen LogP contribution in [0.2, 0.25) is 0 Å². The van der Waals surface area contributed by atoms with Crippen LogP contribution >= 0.6 is 0 Å². The third-order valence-electron chi connectivity index (χ3n) is 3.54. The van der Waals surface area contributed by atoms with E-state index in [4.69, 9.17) is 4.74 Å². The fourth-order valence-electron chi connectivity index (χ4n) is 2.30. The topological polar surface area (TPSA) is 43.6 Å². The summed E-state index contributed by atoms with van der Waals surface area (Å²) in [5.41, 5.74) is 2.50. The Hall–Kier alpha value is -1.84. The van der Waals surface area contributed by atoms with Crippen molar-refractivity contribution in [3.8, 4) is 0 Å². The molecule has 0 bridgehead atoms. The van der Waals surface area contributed by atoms with Crippen molar-refractivity contribution in [2.75, 3.05) is 6.61 Å². The van der Waals surface area contributed by atoms with Crippen molar-refractivity contribution in [1.29, 1.82) is 0 Å². The molecule has 0 aromatic carbocycles. The van der Waals surface area contributed by atoms with Crippen molar-refractivity contribution in [1.82, 2.24) is 9.38 Å². The van der Waals surface area contributed by atoms with Gasteiger partial charge in [0.15, 0.2) is 5.69 Å². The molecular formula is C14H16N2O2. The van der Waals surface area contributed by atoms with Crippen LogP contribution in [0.5, 0.6) is 0 Å². The molecule has 3 rings (SSSR count). The normalized spacial score (nSPS) is 15.6. The Bertz CT molecular complexity index is 584. The minimum absolute atomic E-state index is 0.355. The van der Waals surface area contributed by atoms with Gasteiger partial charge in [0.2, 0.25) is 0 Å². The number of hydrogen-bond acceptors (Lipinski definition) is 3. The first-order chi connectivity index (χ1) is 8.78. The summed E-state index contributed by atoms with van der Waals surface area (Å²) < 4.78 is 6.87. The molecule has 0 saturated heterocycles. The summed E-state index contributed by atoms with van der Waals surface area (Å²) in [6.45, 7) is 2.17. The summed E-state index contributed by atoms with van der Waals surface area (Å²) in [5, 5.41) is 0. The minimum atomic E-state index is -0.355. The van der Waals surface area contributed by atoms with Gasteiger partial charge in [0.25, 0.3) is 0 Å². The van der Waals surface area contributed by atoms with Gasteiger partial charge in [-0.05, 0) is 37.3 Å². The third kappa shape index (κ3) is 1.88. The summed E-state index contributed by atoms with van der Waals surface area (Å²) >= 11 is 0. The number of pyridine rings is 1. The Balaban J connectivity index is 1.93. The van der Waals surface area contributed by atoms with Gasteiger partial charge in [0, 0.05) is 12.4 Å². The van der Waals surface area contributed by atoms with Crippen molar-refractivity contribution < 1.29 is 9.53 Å². The Morgan fingerprint density at radius 2 is 2.28 bits per heavy atom. The number of nitrogens with zero attached hydrogens (tertiary/aromatic N) is 2. The average Bonchev–Trinajstić information content (AvgIpc) is 2.70. The highest BCUT2D eigenvalue weighted by molar-refractivity contribution is 5.87. The van der Waals surface area contributed by atoms with E-state index >= 15 is 0 Å². The molecule has 1 aliphatic carbocycles. The molecule has 0 aliphatic heterocycles. The van der Waals surface area contributed by atoms with Gasteiger partial charge >= 0.3 is 5.97 Å². The fourth-order valence-corrected chi connectivity index (χ4v) is 2.30. The summed E-state index contributed by atoms with van der Waals surface area (Å²) in [5.74, 6) is 0.328. The van der Waals surface area contributed by atoms with Crippen LogP contribution in [0.1, 0.15) is 48.2 Å². The smallest absolute Gasteiger partial charge is 0.358 e. The molecule has 2 aromatic rings. The van der Waals surface area contributed by atoms with Crippen LogP contribution in [0.15, 0.2) is 24.5 Å². The summed E-state index contributed by atoms with van der Waals surface area (Å²) in [7, 11) is 0. The maximum absolute atomic E-state index is 11.6. The standard InChI is InChI=1S/C14H16N2O2/c1-2-18-14(17)12-9-16-8-11(10-4-3-5-10)6-7-13(16)15-12/h6-10H,2-5H2,1H3. The summed E-state index contributed by atoms with van der Waals surface area (Å²) in [6, 6.07) is 4.08. The second kappa shape index (κ2) is 4.44. The van der Waals surface area contributed by atoms with Crippen molar-refractivity contribution in [2.24, 2.45) is 0 Å². The van der Waals surface area contributed by atoms with E-state index in [2.05, 4.69) is 17.2 Å². The van der Waals surface area contributed by atoms with Crippen LogP contribution in [0.4, 0.5) is 0 Å². The van der Waals surface area contributed by atoms with Crippen LogP contribution in [0.3, 0.4) is 0 Å². The molecule has 4 nitrogen and oxygen atoms in total. The molecule has 4 heteroatoms. The number of aromatic nitrogens is 2. The molecule has 94 valence electrons. The third-order valence-corrected chi connectivity index (χ3v) is 3.54. The average molecular weight is 244 g/mol. The second-order valence-electron chi connectivity index (χ2n) is 4.70. The first-order valence-corrected chi connectivity index (χ1v) is 6.43. The molecule has 2 heterocycles. The molecule has 2 aromatic heterocycles. The second-order valence-corrected chi connectivity index (χ2v) is 4.70. The van der Waals surface area contributed by atoms with Crippen LogP contribution < -0.4 is 0 Å². The number of ether oxygens (including phenoxy) is 1. The molecule has 0 radical (unpaired) electrons. The van der Waals surface area contributed by atoms with Crippen molar-refractivity contribution in [3.63, 3.8) is 0 Å². The maximum atomic E-state index is 11.6. The van der Waals surface area contributed by atoms with E-state index in [0.717, 1.165) is 5.65 Å². The van der Waals surface area contributed by atoms with Gasteiger partial charge in [-0.2, -0.15) is 0 Å². The number of esters is 1. The predicted octanol–water partition coefficient (Wildman–Crippen LogP) is 2.78. The molecule has 0 amide bonds. The van der Waals surface area contributed by atoms with Crippen LogP contribution in [-0.4, -0.2) is 22.0 Å². The molecule has 1 saturated carbocycles. The first kappa shape index (κ1) is 11.3. The van der Waals surface area contributed by atoms with Crippen molar-refractivity contribution in [2.45, 2.75) is 32.1 Å². The van der Waals surface area contributed by atoms with E-state index in [1.165, 1.54) is 24.8 Å². The Morgan fingerprint density at radius 3 is 2.94 bits per heavy atom. The number of hydrogen-bond donors (Lipinski definition) is 0. The molecule has 0 spiro atoms. The van der Waals surface area contributed by atoms with Crippen molar-refractivity contribution in [3.05, 3.63) is 35.8 Å². The quantitative estimate of drug-likeness (QED) is 0.780. The maximum Gasteiger partial charge on any atom is 0.358 e. The SMILES string of the molecule is CCOC(=O)c1cn2cc(C3CCC3)ccc2n1. The zero-order chi connectivity index (χ0) is 12.5. The highest BCUT2D eigenvalue weighted by atomic mass is 16.5. The van der Waals surface area contributed by atoms with Gasteiger partial charge < -0.3 is 9.14 Å². The van der Waals surface area contributed by atoms with Gasteiger partial charge in [0.1, 0.15) is 5.65 Å². The molecule has 1 aliphatic rings. The lowest BCUT2D eigenvalue weighted by atomic mass is 9.81. The molecule has 0 atom stereocenters. The van der Waals surface area contributed by atoms with E-state index < -0.39 is 0 Å². The van der Waals surface area contributed by atoms with E-state index in [1.807, 2.05) is 10.5 Å². The highest BCUT2D eigenvalue weighted by Crippen LogP contribution is 2.36. The Kier molecular flexibility index (Phi) is 2.78. The first-order valence-electron chi connectivity index (χ1n) is 6.43. The van der Waals surface area contributed by atoms with Gasteiger partial charge in [-0.1, -0.05) is 12.5 Å². The van der Waals surface area contributed by atoms with Crippen LogP contribution in [0, 0.1) is 0 Å². The molecule has 0 unspecified atom stereocenters. The van der Waals surface area contributed by atoms with E-state index in [1.54, 1.807) is 13.1 Å². The Morgan fingerprint density at radius 1 is 1.44 bits per heavy atom. The lowest BCUT2D eigenvalue weighted by Gasteiger charge is -2.25. The minimum Gasteiger partial charge on any atom is -0.461 e. The van der Waals surface area contributed by atoms with E-state index in [0.29, 0.717) is 18.2 Å². The lowest BCUT2D eigenvalue weighted by Crippen LogP contribution is -2.09. The summed E-state index contributed by atoms with van der Waals surface area (Å²) in [4.78, 5) is 15.9. The van der Waals surface area contributed by atoms with Crippen LogP contribution in [-0.2, 0) is 4.74 Å². The number of carbonyl (C=O) groups is 1. The van der Waals surface area contributed by atoms with Crippen LogP contribution in [0.25, 0.3) is 5.65 Å². The largest absolute Gasteiger partial charge is 0.461 e. The van der Waals surface area contributed by atoms with Gasteiger partial charge in [-0.15, -0.1) is 0 Å². The van der Waals surface area contributed by atoms with Gasteiger partial charge in [-0.3, -0.25) is 0 Å². The number of imidazole rings is 1. The molecule has 0 N–H and O–H groups in total. The number of fused-ring (bicyclic) bond motifs is 1. The zero-order valence-corrected chi connectivity index (χ0v) is 10.4. The number of rotatable bonds is 3. The van der Waals surface area contributed by atoms with Crippen molar-refractivity contribution >= 4 is 11.6 Å². The van der Waals surface area contributed by atoms with Gasteiger partial charge in [0.05, 0.1) is 6.61 Å². The molecule has 1 fully saturated rings. The van der Waals surface area contributed by atoms with E-state index in [-0.39, 0.29) is 5.97 Å². The predicted molar refractivity (Wildman–Crippen MR) is 67.7 cm³/mol. The fraction of sp³-hybridized carbons (Fsp3) is 0.429. The van der Waals surface area contributed by atoms with E-state index in [9.17, 15) is 4.79 Å². The Labute approximate surface area is 106 Å². The molecular weight excluding hydrogens is 228 g/mol. The molecule has 18 heavy (non-hydrogen) atoms.